The van der Waals surface area contributed by atoms with E-state index in [1.54, 1.807) is 0 Å². The molecule has 1 nitrogen and oxygen atoms in total. The van der Waals surface area contributed by atoms with Gasteiger partial charge in [-0.2, -0.15) is 0 Å². The van der Waals surface area contributed by atoms with Crippen molar-refractivity contribution in [3.8, 4) is 0 Å². The van der Waals surface area contributed by atoms with E-state index < -0.39 is 4.33 Å². The van der Waals surface area contributed by atoms with E-state index in [0.717, 1.165) is 12.7 Å². The highest BCUT2D eigenvalue weighted by Gasteiger charge is 2.21. The van der Waals surface area contributed by atoms with Crippen molar-refractivity contribution in [1.29, 1.82) is 0 Å². The third-order valence-corrected chi connectivity index (χ3v) is 1.68. The molecule has 0 aliphatic rings. The largest absolute Gasteiger partial charge is 0.303 e. The van der Waals surface area contributed by atoms with Crippen LogP contribution in [-0.2, 0) is 4.79 Å². The monoisotopic (exact) mass is 168 g/mol. The summed E-state index contributed by atoms with van der Waals surface area (Å²) < 4.78 is -0.823. The van der Waals surface area contributed by atoms with Gasteiger partial charge < -0.3 is 4.79 Å². The molecule has 0 fully saturated rings. The topological polar surface area (TPSA) is 17.1 Å². The number of halogens is 2. The normalized spacial score (nSPS) is 11.4. The van der Waals surface area contributed by atoms with Crippen molar-refractivity contribution in [2.45, 2.75) is 30.5 Å². The summed E-state index contributed by atoms with van der Waals surface area (Å²) in [5.74, 6) is 0. The molecular formula is C6H10Cl2O. The summed E-state index contributed by atoms with van der Waals surface area (Å²) in [5.41, 5.74) is 0. The van der Waals surface area contributed by atoms with E-state index in [-0.39, 0.29) is 6.42 Å². The molecule has 0 saturated heterocycles. The van der Waals surface area contributed by atoms with E-state index in [2.05, 4.69) is 0 Å². The zero-order valence-electron chi connectivity index (χ0n) is 5.36. The number of rotatable bonds is 4. The average Bonchev–Trinajstić information content (AvgIpc) is 1.64. The van der Waals surface area contributed by atoms with E-state index in [9.17, 15) is 4.79 Å². The molecule has 0 radical (unpaired) electrons. The van der Waals surface area contributed by atoms with E-state index in [0.29, 0.717) is 6.42 Å². The number of carbonyl (C=O) groups excluding carboxylic acids is 1. The Kier molecular flexibility index (Phi) is 4.24. The van der Waals surface area contributed by atoms with Gasteiger partial charge in [-0.1, -0.05) is 13.3 Å². The van der Waals surface area contributed by atoms with Crippen molar-refractivity contribution < 1.29 is 4.79 Å². The molecule has 0 atom stereocenters. The smallest absolute Gasteiger partial charge is 0.124 e. The van der Waals surface area contributed by atoms with Gasteiger partial charge in [-0.05, 0) is 6.42 Å². The lowest BCUT2D eigenvalue weighted by molar-refractivity contribution is -0.108. The van der Waals surface area contributed by atoms with Gasteiger partial charge in [0, 0.05) is 6.42 Å². The fourth-order valence-electron chi connectivity index (χ4n) is 0.590. The minimum Gasteiger partial charge on any atom is -0.303 e. The molecule has 0 aromatic heterocycles. The van der Waals surface area contributed by atoms with E-state index in [4.69, 9.17) is 23.2 Å². The van der Waals surface area contributed by atoms with Gasteiger partial charge in [-0.15, -0.1) is 23.2 Å². The molecule has 0 aromatic rings. The Balaban J connectivity index is 3.55. The lowest BCUT2D eigenvalue weighted by Crippen LogP contribution is -2.12. The molecular weight excluding hydrogens is 159 g/mol. The van der Waals surface area contributed by atoms with Crippen LogP contribution in [0.25, 0.3) is 0 Å². The van der Waals surface area contributed by atoms with E-state index in [1.165, 1.54) is 0 Å². The molecule has 0 rings (SSSR count). The molecule has 0 saturated carbocycles. The Morgan fingerprint density at radius 2 is 2.11 bits per heavy atom. The quantitative estimate of drug-likeness (QED) is 0.466. The van der Waals surface area contributed by atoms with Gasteiger partial charge >= 0.3 is 0 Å². The number of carbonyl (C=O) groups is 1. The molecule has 54 valence electrons. The Morgan fingerprint density at radius 1 is 1.56 bits per heavy atom. The van der Waals surface area contributed by atoms with Crippen LogP contribution in [-0.4, -0.2) is 10.6 Å². The summed E-state index contributed by atoms with van der Waals surface area (Å²) in [6.07, 6.45) is 2.55. The highest BCUT2D eigenvalue weighted by molar-refractivity contribution is 6.48. The van der Waals surface area contributed by atoms with Crippen LogP contribution in [0.2, 0.25) is 0 Å². The van der Waals surface area contributed by atoms with Crippen molar-refractivity contribution in [3.05, 3.63) is 0 Å². The van der Waals surface area contributed by atoms with Crippen molar-refractivity contribution in [1.82, 2.24) is 0 Å². The maximum Gasteiger partial charge on any atom is 0.124 e. The summed E-state index contributed by atoms with van der Waals surface area (Å²) >= 11 is 11.3. The molecule has 0 unspecified atom stereocenters. The molecule has 3 heteroatoms. The highest BCUT2D eigenvalue weighted by atomic mass is 35.5. The van der Waals surface area contributed by atoms with E-state index in [1.807, 2.05) is 6.92 Å². The van der Waals surface area contributed by atoms with Crippen molar-refractivity contribution in [2.24, 2.45) is 0 Å². The van der Waals surface area contributed by atoms with Crippen LogP contribution < -0.4 is 0 Å². The molecule has 0 aromatic carbocycles. The maximum absolute atomic E-state index is 9.93. The third kappa shape index (κ3) is 4.73. The molecule has 0 aliphatic heterocycles. The predicted molar refractivity (Wildman–Crippen MR) is 40.0 cm³/mol. The number of hydrogen-bond acceptors (Lipinski definition) is 1. The zero-order valence-corrected chi connectivity index (χ0v) is 6.87. The summed E-state index contributed by atoms with van der Waals surface area (Å²) in [4.78, 5) is 9.93. The van der Waals surface area contributed by atoms with Crippen LogP contribution >= 0.6 is 23.2 Å². The van der Waals surface area contributed by atoms with Gasteiger partial charge in [-0.3, -0.25) is 0 Å². The number of aldehydes is 1. The molecule has 0 spiro atoms. The van der Waals surface area contributed by atoms with Crippen LogP contribution in [0.15, 0.2) is 0 Å². The first-order valence-electron chi connectivity index (χ1n) is 2.94. The van der Waals surface area contributed by atoms with Crippen LogP contribution in [0.3, 0.4) is 0 Å². The lowest BCUT2D eigenvalue weighted by atomic mass is 10.2. The minimum absolute atomic E-state index is 0.226. The first-order valence-corrected chi connectivity index (χ1v) is 3.69. The van der Waals surface area contributed by atoms with Crippen LogP contribution in [0.4, 0.5) is 0 Å². The lowest BCUT2D eigenvalue weighted by Gasteiger charge is -2.13. The summed E-state index contributed by atoms with van der Waals surface area (Å²) in [6.45, 7) is 1.98. The van der Waals surface area contributed by atoms with Gasteiger partial charge in [0.25, 0.3) is 0 Å². The molecule has 0 heterocycles. The highest BCUT2D eigenvalue weighted by Crippen LogP contribution is 2.29. The van der Waals surface area contributed by atoms with Gasteiger partial charge in [0.15, 0.2) is 0 Å². The summed E-state index contributed by atoms with van der Waals surface area (Å²) in [5, 5.41) is 0. The Hall–Kier alpha value is 0.250. The Morgan fingerprint density at radius 3 is 2.44 bits per heavy atom. The number of alkyl halides is 2. The first-order chi connectivity index (χ1) is 4.12. The fourth-order valence-corrected chi connectivity index (χ4v) is 1.09. The van der Waals surface area contributed by atoms with Gasteiger partial charge in [0.2, 0.25) is 0 Å². The molecule has 0 N–H and O–H groups in total. The average molecular weight is 169 g/mol. The van der Waals surface area contributed by atoms with Crippen molar-refractivity contribution in [2.75, 3.05) is 0 Å². The third-order valence-electron chi connectivity index (χ3n) is 0.998. The van der Waals surface area contributed by atoms with Crippen LogP contribution in [0.5, 0.6) is 0 Å². The van der Waals surface area contributed by atoms with Crippen molar-refractivity contribution in [3.63, 3.8) is 0 Å². The van der Waals surface area contributed by atoms with Crippen LogP contribution in [0, 0.1) is 0 Å². The predicted octanol–water partition coefficient (Wildman–Crippen LogP) is 2.55. The van der Waals surface area contributed by atoms with Crippen LogP contribution in [0.1, 0.15) is 26.2 Å². The molecule has 0 bridgehead atoms. The fraction of sp³-hybridized carbons (Fsp3) is 0.833. The molecule has 0 amide bonds. The first kappa shape index (κ1) is 9.25. The Bertz CT molecular complexity index is 91.1. The number of hydrogen-bond donors (Lipinski definition) is 0. The maximum atomic E-state index is 9.93. The summed E-state index contributed by atoms with van der Waals surface area (Å²) in [7, 11) is 0. The molecule has 9 heavy (non-hydrogen) atoms. The van der Waals surface area contributed by atoms with Gasteiger partial charge in [-0.25, -0.2) is 0 Å². The van der Waals surface area contributed by atoms with E-state index >= 15 is 0 Å². The minimum atomic E-state index is -0.823. The Labute approximate surface area is 65.3 Å². The summed E-state index contributed by atoms with van der Waals surface area (Å²) in [6, 6.07) is 0. The second-order valence-corrected chi connectivity index (χ2v) is 3.62. The second kappa shape index (κ2) is 4.13. The SMILES string of the molecule is CCCC(Cl)(Cl)CC=O. The van der Waals surface area contributed by atoms with Crippen molar-refractivity contribution >= 4 is 29.5 Å². The van der Waals surface area contributed by atoms with Gasteiger partial charge in [0.05, 0.1) is 0 Å². The zero-order chi connectivity index (χ0) is 7.33. The second-order valence-electron chi connectivity index (χ2n) is 1.98. The standard InChI is InChI=1S/C6H10Cl2O/c1-2-3-6(7,8)4-5-9/h5H,2-4H2,1H3. The molecule has 0 aliphatic carbocycles. The van der Waals surface area contributed by atoms with Gasteiger partial charge in [0.1, 0.15) is 10.6 Å².